The summed E-state index contributed by atoms with van der Waals surface area (Å²) in [7, 11) is 1.81. The Morgan fingerprint density at radius 2 is 2.00 bits per heavy atom. The van der Waals surface area contributed by atoms with Gasteiger partial charge in [-0.1, -0.05) is 24.8 Å². The summed E-state index contributed by atoms with van der Waals surface area (Å²) in [5.41, 5.74) is 5.54. The number of hydrogen-bond donors (Lipinski definition) is 2. The molecule has 0 aromatic rings. The topological polar surface area (TPSA) is 24.1 Å². The van der Waals surface area contributed by atoms with Gasteiger partial charge in [-0.25, -0.2) is 5.43 Å². The molecule has 0 fully saturated rings. The van der Waals surface area contributed by atoms with E-state index in [1.54, 1.807) is 12.3 Å². The third kappa shape index (κ3) is 6.98. The van der Waals surface area contributed by atoms with Gasteiger partial charge in [0.2, 0.25) is 0 Å². The predicted octanol–water partition coefficient (Wildman–Crippen LogP) is 0.966. The second-order valence-corrected chi connectivity index (χ2v) is 1.37. The molecule has 0 atom stereocenters. The zero-order valence-corrected chi connectivity index (χ0v) is 5.59. The first kappa shape index (κ1) is 7.98. The molecule has 0 unspecified atom stereocenters. The molecule has 50 valence electrons. The Morgan fingerprint density at radius 1 is 1.22 bits per heavy atom. The minimum absolute atomic E-state index is 1.73. The van der Waals surface area contributed by atoms with Gasteiger partial charge in [-0.05, 0) is 6.08 Å². The highest BCUT2D eigenvalue weighted by Crippen LogP contribution is 1.73. The minimum Gasteiger partial charge on any atom is -0.329 e. The van der Waals surface area contributed by atoms with Crippen molar-refractivity contribution in [2.24, 2.45) is 0 Å². The van der Waals surface area contributed by atoms with Crippen LogP contribution >= 0.6 is 0 Å². The molecule has 0 saturated heterocycles. The summed E-state index contributed by atoms with van der Waals surface area (Å²) in [5, 5.41) is 0. The highest BCUT2D eigenvalue weighted by molar-refractivity contribution is 5.07. The van der Waals surface area contributed by atoms with Crippen LogP contribution in [0, 0.1) is 0 Å². The molecule has 2 nitrogen and oxygen atoms in total. The largest absolute Gasteiger partial charge is 0.329 e. The Morgan fingerprint density at radius 3 is 2.56 bits per heavy atom. The summed E-state index contributed by atoms with van der Waals surface area (Å²) in [6.45, 7) is 3.52. The molecular weight excluding hydrogens is 112 g/mol. The lowest BCUT2D eigenvalue weighted by molar-refractivity contribution is 0.731. The molecule has 2 N–H and O–H groups in total. The van der Waals surface area contributed by atoms with Crippen LogP contribution in [0.25, 0.3) is 0 Å². The van der Waals surface area contributed by atoms with Crippen molar-refractivity contribution >= 4 is 0 Å². The first-order chi connectivity index (χ1) is 4.41. The number of hydrogen-bond acceptors (Lipinski definition) is 2. The maximum absolute atomic E-state index is 3.52. The average Bonchev–Trinajstić information content (AvgIpc) is 1.89. The molecule has 2 heteroatoms. The van der Waals surface area contributed by atoms with Crippen molar-refractivity contribution in [1.29, 1.82) is 0 Å². The van der Waals surface area contributed by atoms with Gasteiger partial charge >= 0.3 is 0 Å². The van der Waals surface area contributed by atoms with Crippen molar-refractivity contribution in [3.05, 3.63) is 37.1 Å². The van der Waals surface area contributed by atoms with Gasteiger partial charge in [-0.2, -0.15) is 0 Å². The lowest BCUT2D eigenvalue weighted by Gasteiger charge is -1.89. The lowest BCUT2D eigenvalue weighted by atomic mass is 10.5. The van der Waals surface area contributed by atoms with Crippen molar-refractivity contribution < 1.29 is 0 Å². The summed E-state index contributed by atoms with van der Waals surface area (Å²) >= 11 is 0. The van der Waals surface area contributed by atoms with Gasteiger partial charge in [0, 0.05) is 13.2 Å². The van der Waals surface area contributed by atoms with Gasteiger partial charge in [0.05, 0.1) is 0 Å². The molecule has 0 aliphatic carbocycles. The van der Waals surface area contributed by atoms with E-state index in [4.69, 9.17) is 0 Å². The van der Waals surface area contributed by atoms with Gasteiger partial charge in [0.15, 0.2) is 0 Å². The molecule has 0 aromatic carbocycles. The van der Waals surface area contributed by atoms with E-state index in [9.17, 15) is 0 Å². The normalized spacial score (nSPS) is 10.8. The molecule has 9 heavy (non-hydrogen) atoms. The number of rotatable bonds is 4. The van der Waals surface area contributed by atoms with Gasteiger partial charge in [-0.3, -0.25) is 0 Å². The Balaban J connectivity index is 3.23. The summed E-state index contributed by atoms with van der Waals surface area (Å²) < 4.78 is 0. The number of allylic oxidation sites excluding steroid dienone is 4. The Hall–Kier alpha value is -1.02. The first-order valence-electron chi connectivity index (χ1n) is 2.78. The molecule has 0 aliphatic rings. The summed E-state index contributed by atoms with van der Waals surface area (Å²) in [6, 6.07) is 0. The first-order valence-corrected chi connectivity index (χ1v) is 2.78. The van der Waals surface area contributed by atoms with Crippen LogP contribution in [0.4, 0.5) is 0 Å². The Labute approximate surface area is 55.9 Å². The van der Waals surface area contributed by atoms with Crippen molar-refractivity contribution in [2.75, 3.05) is 7.05 Å². The fourth-order valence-electron chi connectivity index (χ4n) is 0.330. The van der Waals surface area contributed by atoms with E-state index in [0.717, 1.165) is 0 Å². The molecule has 0 spiro atoms. The fraction of sp³-hybridized carbons (Fsp3) is 0.143. The van der Waals surface area contributed by atoms with Crippen LogP contribution in [0.3, 0.4) is 0 Å². The lowest BCUT2D eigenvalue weighted by Crippen LogP contribution is -2.20. The monoisotopic (exact) mass is 124 g/mol. The average molecular weight is 124 g/mol. The van der Waals surface area contributed by atoms with E-state index in [1.165, 1.54) is 0 Å². The molecule has 0 aromatic heterocycles. The van der Waals surface area contributed by atoms with E-state index in [2.05, 4.69) is 17.4 Å². The standard InChI is InChI=1S/C7H12N2/c1-3-4-5-6-7-9-8-2/h3-9H,1H2,2H3. The maximum atomic E-state index is 3.52. The van der Waals surface area contributed by atoms with E-state index in [-0.39, 0.29) is 0 Å². The van der Waals surface area contributed by atoms with E-state index in [1.807, 2.05) is 25.3 Å². The van der Waals surface area contributed by atoms with Crippen LogP contribution in [-0.2, 0) is 0 Å². The molecule has 0 radical (unpaired) electrons. The van der Waals surface area contributed by atoms with E-state index >= 15 is 0 Å². The molecular formula is C7H12N2. The van der Waals surface area contributed by atoms with Crippen molar-refractivity contribution in [3.63, 3.8) is 0 Å². The molecule has 0 amide bonds. The Kier molecular flexibility index (Phi) is 6.19. The second-order valence-electron chi connectivity index (χ2n) is 1.37. The third-order valence-corrected chi connectivity index (χ3v) is 0.682. The molecule has 0 saturated carbocycles. The Bertz CT molecular complexity index is 114. The van der Waals surface area contributed by atoms with Crippen molar-refractivity contribution in [3.8, 4) is 0 Å². The van der Waals surface area contributed by atoms with Crippen LogP contribution < -0.4 is 10.9 Å². The van der Waals surface area contributed by atoms with E-state index < -0.39 is 0 Å². The zero-order chi connectivity index (χ0) is 6.95. The highest BCUT2D eigenvalue weighted by Gasteiger charge is 1.60. The molecule has 0 aliphatic heterocycles. The predicted molar refractivity (Wildman–Crippen MR) is 40.7 cm³/mol. The van der Waals surface area contributed by atoms with Crippen molar-refractivity contribution in [2.45, 2.75) is 0 Å². The minimum atomic E-state index is 1.73. The summed E-state index contributed by atoms with van der Waals surface area (Å²) in [4.78, 5) is 0. The van der Waals surface area contributed by atoms with Crippen LogP contribution in [0.1, 0.15) is 0 Å². The third-order valence-electron chi connectivity index (χ3n) is 0.682. The molecule has 0 heterocycles. The second kappa shape index (κ2) is 6.98. The summed E-state index contributed by atoms with van der Waals surface area (Å²) in [6.07, 6.45) is 9.13. The highest BCUT2D eigenvalue weighted by atomic mass is 15.3. The number of hydrazine groups is 1. The van der Waals surface area contributed by atoms with Crippen LogP contribution in [0.5, 0.6) is 0 Å². The van der Waals surface area contributed by atoms with Crippen LogP contribution in [0.2, 0.25) is 0 Å². The van der Waals surface area contributed by atoms with Gasteiger partial charge in [0.1, 0.15) is 0 Å². The fourth-order valence-corrected chi connectivity index (χ4v) is 0.330. The SMILES string of the molecule is C=CC=CC=CNNC. The molecule has 0 rings (SSSR count). The summed E-state index contributed by atoms with van der Waals surface area (Å²) in [5.74, 6) is 0. The van der Waals surface area contributed by atoms with Gasteiger partial charge in [-0.15, -0.1) is 0 Å². The molecule has 0 bridgehead atoms. The quantitative estimate of drug-likeness (QED) is 0.431. The smallest absolute Gasteiger partial charge is 0.0125 e. The van der Waals surface area contributed by atoms with Gasteiger partial charge < -0.3 is 5.43 Å². The zero-order valence-electron chi connectivity index (χ0n) is 5.59. The van der Waals surface area contributed by atoms with Crippen LogP contribution in [0.15, 0.2) is 37.1 Å². The van der Waals surface area contributed by atoms with E-state index in [0.29, 0.717) is 0 Å². The van der Waals surface area contributed by atoms with Crippen molar-refractivity contribution in [1.82, 2.24) is 10.9 Å². The van der Waals surface area contributed by atoms with Gasteiger partial charge in [0.25, 0.3) is 0 Å². The number of nitrogens with one attached hydrogen (secondary N) is 2. The maximum Gasteiger partial charge on any atom is 0.0125 e. The van der Waals surface area contributed by atoms with Crippen LogP contribution in [-0.4, -0.2) is 7.05 Å².